The van der Waals surface area contributed by atoms with Crippen LogP contribution in [0.3, 0.4) is 0 Å². The zero-order valence-electron chi connectivity index (χ0n) is 10.6. The van der Waals surface area contributed by atoms with E-state index in [-0.39, 0.29) is 24.5 Å². The minimum absolute atomic E-state index is 0.0449. The summed E-state index contributed by atoms with van der Waals surface area (Å²) in [6.45, 7) is 6.00. The second kappa shape index (κ2) is 6.21. The summed E-state index contributed by atoms with van der Waals surface area (Å²) in [5.41, 5.74) is 0. The number of likely N-dealkylation sites (tertiary alicyclic amines) is 1. The van der Waals surface area contributed by atoms with Crippen LogP contribution in [-0.2, 0) is 4.79 Å². The van der Waals surface area contributed by atoms with E-state index in [0.29, 0.717) is 5.92 Å². The van der Waals surface area contributed by atoms with Gasteiger partial charge in [-0.3, -0.25) is 4.79 Å². The molecule has 0 spiro atoms. The Morgan fingerprint density at radius 2 is 2.19 bits per heavy atom. The normalized spacial score (nSPS) is 27.1. The van der Waals surface area contributed by atoms with Gasteiger partial charge in [-0.25, -0.2) is 0 Å². The number of carbonyl (C=O) groups excluding carboxylic acids is 1. The van der Waals surface area contributed by atoms with E-state index in [1.165, 1.54) is 0 Å². The third-order valence-electron chi connectivity index (χ3n) is 3.13. The molecule has 1 fully saturated rings. The van der Waals surface area contributed by atoms with Crippen LogP contribution in [0.1, 0.15) is 26.7 Å². The molecule has 0 aliphatic carbocycles. The first-order valence-electron chi connectivity index (χ1n) is 6.12. The lowest BCUT2D eigenvalue weighted by Gasteiger charge is -2.36. The predicted molar refractivity (Wildman–Crippen MR) is 64.1 cm³/mol. The number of aliphatic hydroxyl groups is 1. The van der Waals surface area contributed by atoms with Gasteiger partial charge in [0.25, 0.3) is 0 Å². The fourth-order valence-electron chi connectivity index (χ4n) is 2.31. The Morgan fingerprint density at radius 1 is 1.50 bits per heavy atom. The summed E-state index contributed by atoms with van der Waals surface area (Å²) >= 11 is 0. The van der Waals surface area contributed by atoms with Gasteiger partial charge in [0.05, 0.1) is 0 Å². The Kier molecular flexibility index (Phi) is 5.22. The first-order valence-corrected chi connectivity index (χ1v) is 6.12. The molecule has 1 heterocycles. The van der Waals surface area contributed by atoms with E-state index in [1.54, 1.807) is 0 Å². The number of hydrogen-bond acceptors (Lipinski definition) is 3. The third kappa shape index (κ3) is 4.10. The van der Waals surface area contributed by atoms with Gasteiger partial charge in [0.2, 0.25) is 5.91 Å². The molecule has 0 radical (unpaired) electrons. The van der Waals surface area contributed by atoms with Gasteiger partial charge in [0, 0.05) is 31.7 Å². The summed E-state index contributed by atoms with van der Waals surface area (Å²) in [5, 5.41) is 12.0. The minimum atomic E-state index is 0.0449. The van der Waals surface area contributed by atoms with Crippen molar-refractivity contribution in [2.24, 2.45) is 11.8 Å². The highest BCUT2D eigenvalue weighted by Crippen LogP contribution is 2.18. The molecule has 2 unspecified atom stereocenters. The lowest BCUT2D eigenvalue weighted by molar-refractivity contribution is -0.125. The van der Waals surface area contributed by atoms with Crippen molar-refractivity contribution in [3.05, 3.63) is 0 Å². The summed E-state index contributed by atoms with van der Waals surface area (Å²) in [6, 6.07) is 0.241. The number of amides is 1. The number of hydrogen-bond donors (Lipinski definition) is 2. The first-order chi connectivity index (χ1) is 7.52. The maximum absolute atomic E-state index is 11.6. The highest BCUT2D eigenvalue weighted by atomic mass is 16.3. The van der Waals surface area contributed by atoms with Crippen LogP contribution in [0.25, 0.3) is 0 Å². The number of piperidine rings is 1. The lowest BCUT2D eigenvalue weighted by Crippen LogP contribution is -2.50. The van der Waals surface area contributed by atoms with Gasteiger partial charge in [-0.2, -0.15) is 0 Å². The maximum atomic E-state index is 11.6. The van der Waals surface area contributed by atoms with E-state index in [1.807, 2.05) is 13.8 Å². The summed E-state index contributed by atoms with van der Waals surface area (Å²) in [7, 11) is 2.07. The van der Waals surface area contributed by atoms with E-state index in [4.69, 9.17) is 5.11 Å². The highest BCUT2D eigenvalue weighted by molar-refractivity contribution is 5.78. The molecule has 1 saturated heterocycles. The molecular weight excluding hydrogens is 204 g/mol. The first kappa shape index (κ1) is 13.5. The van der Waals surface area contributed by atoms with Crippen LogP contribution in [0, 0.1) is 11.8 Å². The molecular formula is C12H24N2O2. The van der Waals surface area contributed by atoms with Crippen LogP contribution in [0.4, 0.5) is 0 Å². The molecule has 0 aromatic carbocycles. The van der Waals surface area contributed by atoms with Crippen molar-refractivity contribution in [1.29, 1.82) is 0 Å². The number of carbonyl (C=O) groups is 1. The smallest absolute Gasteiger partial charge is 0.222 e. The number of rotatable bonds is 4. The Labute approximate surface area is 98.0 Å². The van der Waals surface area contributed by atoms with Crippen molar-refractivity contribution in [2.75, 3.05) is 26.7 Å². The Hall–Kier alpha value is -0.610. The molecule has 4 nitrogen and oxygen atoms in total. The SMILES string of the molecule is CC(C)C(=O)NC1CC(CCO)CN(C)C1. The van der Waals surface area contributed by atoms with Crippen LogP contribution in [0.15, 0.2) is 0 Å². The summed E-state index contributed by atoms with van der Waals surface area (Å²) in [6.07, 6.45) is 1.82. The Balaban J connectivity index is 2.44. The quantitative estimate of drug-likeness (QED) is 0.735. The van der Waals surface area contributed by atoms with Crippen molar-refractivity contribution >= 4 is 5.91 Å². The second-order valence-corrected chi connectivity index (χ2v) is 5.20. The van der Waals surface area contributed by atoms with Gasteiger partial charge in [-0.1, -0.05) is 13.8 Å². The standard InChI is InChI=1S/C12H24N2O2/c1-9(2)12(16)13-11-6-10(4-5-15)7-14(3)8-11/h9-11,15H,4-8H2,1-3H3,(H,13,16). The predicted octanol–water partition coefficient (Wildman–Crippen LogP) is 0.461. The largest absolute Gasteiger partial charge is 0.396 e. The molecule has 1 aliphatic heterocycles. The van der Waals surface area contributed by atoms with Crippen molar-refractivity contribution in [1.82, 2.24) is 10.2 Å². The third-order valence-corrected chi connectivity index (χ3v) is 3.13. The van der Waals surface area contributed by atoms with Crippen molar-refractivity contribution in [3.8, 4) is 0 Å². The maximum Gasteiger partial charge on any atom is 0.222 e. The van der Waals surface area contributed by atoms with E-state index < -0.39 is 0 Å². The average Bonchev–Trinajstić information content (AvgIpc) is 2.16. The van der Waals surface area contributed by atoms with Gasteiger partial charge in [-0.15, -0.1) is 0 Å². The second-order valence-electron chi connectivity index (χ2n) is 5.20. The van der Waals surface area contributed by atoms with Crippen LogP contribution in [0.5, 0.6) is 0 Å². The molecule has 0 bridgehead atoms. The average molecular weight is 228 g/mol. The number of nitrogens with zero attached hydrogens (tertiary/aromatic N) is 1. The van der Waals surface area contributed by atoms with Gasteiger partial charge < -0.3 is 15.3 Å². The summed E-state index contributed by atoms with van der Waals surface area (Å²) in [5.74, 6) is 0.674. The highest BCUT2D eigenvalue weighted by Gasteiger charge is 2.26. The molecule has 0 aromatic rings. The lowest BCUT2D eigenvalue weighted by atomic mass is 9.92. The van der Waals surface area contributed by atoms with Gasteiger partial charge in [-0.05, 0) is 25.8 Å². The van der Waals surface area contributed by atoms with Crippen LogP contribution in [0.2, 0.25) is 0 Å². The minimum Gasteiger partial charge on any atom is -0.396 e. The van der Waals surface area contributed by atoms with E-state index in [9.17, 15) is 4.79 Å². The van der Waals surface area contributed by atoms with Gasteiger partial charge in [0.1, 0.15) is 0 Å². The Morgan fingerprint density at radius 3 is 2.75 bits per heavy atom. The van der Waals surface area contributed by atoms with Crippen molar-refractivity contribution < 1.29 is 9.90 Å². The zero-order valence-corrected chi connectivity index (χ0v) is 10.6. The fourth-order valence-corrected chi connectivity index (χ4v) is 2.31. The van der Waals surface area contributed by atoms with Gasteiger partial charge in [0.15, 0.2) is 0 Å². The topological polar surface area (TPSA) is 52.6 Å². The molecule has 2 atom stereocenters. The monoisotopic (exact) mass is 228 g/mol. The van der Waals surface area contributed by atoms with Gasteiger partial charge >= 0.3 is 0 Å². The number of likely N-dealkylation sites (N-methyl/N-ethyl adjacent to an activating group) is 1. The van der Waals surface area contributed by atoms with Crippen LogP contribution in [-0.4, -0.2) is 48.7 Å². The Bertz CT molecular complexity index is 231. The molecule has 1 aliphatic rings. The van der Waals surface area contributed by atoms with E-state index in [0.717, 1.165) is 25.9 Å². The summed E-state index contributed by atoms with van der Waals surface area (Å²) < 4.78 is 0. The van der Waals surface area contributed by atoms with E-state index in [2.05, 4.69) is 17.3 Å². The molecule has 1 rings (SSSR count). The van der Waals surface area contributed by atoms with Crippen LogP contribution >= 0.6 is 0 Å². The zero-order chi connectivity index (χ0) is 12.1. The fraction of sp³-hybridized carbons (Fsp3) is 0.917. The molecule has 1 amide bonds. The molecule has 0 saturated carbocycles. The number of aliphatic hydroxyl groups excluding tert-OH is 1. The number of nitrogens with one attached hydrogen (secondary N) is 1. The van der Waals surface area contributed by atoms with Crippen molar-refractivity contribution in [2.45, 2.75) is 32.7 Å². The van der Waals surface area contributed by atoms with E-state index >= 15 is 0 Å². The molecule has 0 aromatic heterocycles. The molecule has 2 N–H and O–H groups in total. The molecule has 16 heavy (non-hydrogen) atoms. The summed E-state index contributed by atoms with van der Waals surface area (Å²) in [4.78, 5) is 13.8. The molecule has 4 heteroatoms. The van der Waals surface area contributed by atoms with Crippen LogP contribution < -0.4 is 5.32 Å². The molecule has 94 valence electrons. The van der Waals surface area contributed by atoms with Crippen molar-refractivity contribution in [3.63, 3.8) is 0 Å².